The van der Waals surface area contributed by atoms with Gasteiger partial charge in [-0.05, 0) is 18.2 Å². The maximum atomic E-state index is 13.7. The Bertz CT molecular complexity index is 516. The summed E-state index contributed by atoms with van der Waals surface area (Å²) in [5.74, 6) is 0.155. The normalized spacial score (nSPS) is 10.2. The average Bonchev–Trinajstić information content (AvgIpc) is 2.34. The molecule has 88 valence electrons. The second kappa shape index (κ2) is 5.10. The Hall–Kier alpha value is -1.68. The Balaban J connectivity index is 2.33. The summed E-state index contributed by atoms with van der Waals surface area (Å²) in [6.07, 6.45) is 0. The van der Waals surface area contributed by atoms with Crippen molar-refractivity contribution in [2.75, 3.05) is 12.8 Å². The van der Waals surface area contributed by atoms with Crippen molar-refractivity contribution >= 4 is 17.4 Å². The summed E-state index contributed by atoms with van der Waals surface area (Å²) in [5, 5.41) is 0. The van der Waals surface area contributed by atoms with E-state index in [0.29, 0.717) is 16.3 Å². The molecule has 2 aromatic rings. The molecule has 0 aliphatic carbocycles. The van der Waals surface area contributed by atoms with E-state index >= 15 is 0 Å². The first kappa shape index (κ1) is 11.8. The number of anilines is 1. The predicted molar refractivity (Wildman–Crippen MR) is 67.9 cm³/mol. The molecule has 2 rings (SSSR count). The monoisotopic (exact) mass is 249 g/mol. The number of hydrogen-bond donors (Lipinski definition) is 1. The maximum absolute atomic E-state index is 13.7. The molecule has 0 heterocycles. The Labute approximate surface area is 104 Å². The standard InChI is InChI=1S/C13H12FNOS/c1-16-12-8-13(10(14)7-11(12)15)17-9-5-3-2-4-6-9/h2-8H,15H2,1H3. The summed E-state index contributed by atoms with van der Waals surface area (Å²) in [5.41, 5.74) is 5.93. The molecule has 0 unspecified atom stereocenters. The Morgan fingerprint density at radius 2 is 1.88 bits per heavy atom. The highest BCUT2D eigenvalue weighted by molar-refractivity contribution is 7.99. The van der Waals surface area contributed by atoms with Gasteiger partial charge >= 0.3 is 0 Å². The zero-order chi connectivity index (χ0) is 12.3. The largest absolute Gasteiger partial charge is 0.495 e. The molecule has 0 radical (unpaired) electrons. The number of nitrogens with two attached hydrogens (primary N) is 1. The van der Waals surface area contributed by atoms with Crippen LogP contribution in [0.15, 0.2) is 52.3 Å². The molecule has 0 aliphatic rings. The van der Waals surface area contributed by atoms with E-state index in [4.69, 9.17) is 10.5 Å². The lowest BCUT2D eigenvalue weighted by Gasteiger charge is -2.08. The first-order valence-electron chi connectivity index (χ1n) is 5.06. The third kappa shape index (κ3) is 2.71. The molecule has 2 nitrogen and oxygen atoms in total. The Morgan fingerprint density at radius 3 is 2.53 bits per heavy atom. The Morgan fingerprint density at radius 1 is 1.18 bits per heavy atom. The third-order valence-corrected chi connectivity index (χ3v) is 3.30. The minimum absolute atomic E-state index is 0.308. The van der Waals surface area contributed by atoms with Crippen LogP contribution in [-0.4, -0.2) is 7.11 Å². The van der Waals surface area contributed by atoms with E-state index in [-0.39, 0.29) is 5.82 Å². The molecule has 0 atom stereocenters. The molecule has 0 bridgehead atoms. The number of rotatable bonds is 3. The van der Waals surface area contributed by atoms with Crippen LogP contribution in [0.25, 0.3) is 0 Å². The maximum Gasteiger partial charge on any atom is 0.143 e. The van der Waals surface area contributed by atoms with Crippen LogP contribution in [0.2, 0.25) is 0 Å². The lowest BCUT2D eigenvalue weighted by molar-refractivity contribution is 0.414. The van der Waals surface area contributed by atoms with E-state index in [1.54, 1.807) is 6.07 Å². The molecule has 2 N–H and O–H groups in total. The third-order valence-electron chi connectivity index (χ3n) is 2.26. The number of ether oxygens (including phenoxy) is 1. The van der Waals surface area contributed by atoms with Gasteiger partial charge < -0.3 is 10.5 Å². The quantitative estimate of drug-likeness (QED) is 0.845. The van der Waals surface area contributed by atoms with E-state index in [1.165, 1.54) is 24.9 Å². The second-order valence-electron chi connectivity index (χ2n) is 3.44. The van der Waals surface area contributed by atoms with Crippen molar-refractivity contribution in [1.29, 1.82) is 0 Å². The van der Waals surface area contributed by atoms with Crippen molar-refractivity contribution in [1.82, 2.24) is 0 Å². The molecule has 0 aromatic heterocycles. The Kier molecular flexibility index (Phi) is 3.54. The van der Waals surface area contributed by atoms with Crippen molar-refractivity contribution in [2.24, 2.45) is 0 Å². The van der Waals surface area contributed by atoms with Gasteiger partial charge in [-0.3, -0.25) is 0 Å². The molecular formula is C13H12FNOS. The summed E-state index contributed by atoms with van der Waals surface area (Å²) < 4.78 is 18.8. The van der Waals surface area contributed by atoms with Crippen LogP contribution in [0.5, 0.6) is 5.75 Å². The van der Waals surface area contributed by atoms with E-state index in [9.17, 15) is 4.39 Å². The van der Waals surface area contributed by atoms with Crippen LogP contribution in [0.4, 0.5) is 10.1 Å². The van der Waals surface area contributed by atoms with Crippen molar-refractivity contribution in [3.8, 4) is 5.75 Å². The lowest BCUT2D eigenvalue weighted by atomic mass is 10.3. The number of hydrogen-bond acceptors (Lipinski definition) is 3. The topological polar surface area (TPSA) is 35.2 Å². The van der Waals surface area contributed by atoms with Gasteiger partial charge in [-0.25, -0.2) is 4.39 Å². The first-order chi connectivity index (χ1) is 8.20. The molecule has 0 saturated heterocycles. The number of methoxy groups -OCH3 is 1. The van der Waals surface area contributed by atoms with Gasteiger partial charge in [0.2, 0.25) is 0 Å². The highest BCUT2D eigenvalue weighted by Gasteiger charge is 2.09. The number of halogens is 1. The zero-order valence-corrected chi connectivity index (χ0v) is 10.1. The van der Waals surface area contributed by atoms with Gasteiger partial charge in [0.15, 0.2) is 0 Å². The minimum Gasteiger partial charge on any atom is -0.495 e. The zero-order valence-electron chi connectivity index (χ0n) is 9.31. The van der Waals surface area contributed by atoms with Crippen molar-refractivity contribution in [3.05, 3.63) is 48.3 Å². The molecule has 4 heteroatoms. The average molecular weight is 249 g/mol. The summed E-state index contributed by atoms with van der Waals surface area (Å²) in [6, 6.07) is 12.5. The second-order valence-corrected chi connectivity index (χ2v) is 4.56. The van der Waals surface area contributed by atoms with Crippen LogP contribution >= 0.6 is 11.8 Å². The van der Waals surface area contributed by atoms with Crippen molar-refractivity contribution < 1.29 is 9.13 Å². The highest BCUT2D eigenvalue weighted by Crippen LogP contribution is 2.35. The molecule has 0 spiro atoms. The van der Waals surface area contributed by atoms with Gasteiger partial charge in [0.25, 0.3) is 0 Å². The molecule has 0 fully saturated rings. The fourth-order valence-electron chi connectivity index (χ4n) is 1.42. The fraction of sp³-hybridized carbons (Fsp3) is 0.0769. The molecule has 0 amide bonds. The summed E-state index contributed by atoms with van der Waals surface area (Å²) in [6.45, 7) is 0. The molecular weight excluding hydrogens is 237 g/mol. The SMILES string of the molecule is COc1cc(Sc2ccccc2)c(F)cc1N. The number of nitrogen functional groups attached to an aromatic ring is 1. The van der Waals surface area contributed by atoms with Gasteiger partial charge in [0.1, 0.15) is 11.6 Å². The van der Waals surface area contributed by atoms with Crippen LogP contribution in [0, 0.1) is 5.82 Å². The van der Waals surface area contributed by atoms with E-state index in [0.717, 1.165) is 4.90 Å². The smallest absolute Gasteiger partial charge is 0.143 e. The van der Waals surface area contributed by atoms with E-state index in [1.807, 2.05) is 30.3 Å². The molecule has 0 aliphatic heterocycles. The van der Waals surface area contributed by atoms with Gasteiger partial charge in [0.05, 0.1) is 17.7 Å². The summed E-state index contributed by atoms with van der Waals surface area (Å²) in [4.78, 5) is 1.47. The molecule has 17 heavy (non-hydrogen) atoms. The molecule has 0 saturated carbocycles. The van der Waals surface area contributed by atoms with Gasteiger partial charge in [-0.2, -0.15) is 0 Å². The van der Waals surface area contributed by atoms with E-state index in [2.05, 4.69) is 0 Å². The van der Waals surface area contributed by atoms with Crippen LogP contribution < -0.4 is 10.5 Å². The fourth-order valence-corrected chi connectivity index (χ4v) is 2.29. The van der Waals surface area contributed by atoms with Gasteiger partial charge in [-0.15, -0.1) is 0 Å². The summed E-state index contributed by atoms with van der Waals surface area (Å²) in [7, 11) is 1.51. The van der Waals surface area contributed by atoms with Crippen molar-refractivity contribution in [3.63, 3.8) is 0 Å². The minimum atomic E-state index is -0.336. The van der Waals surface area contributed by atoms with Crippen LogP contribution in [0.3, 0.4) is 0 Å². The van der Waals surface area contributed by atoms with Crippen LogP contribution in [0.1, 0.15) is 0 Å². The molecule has 2 aromatic carbocycles. The summed E-state index contributed by atoms with van der Waals surface area (Å²) >= 11 is 1.34. The van der Waals surface area contributed by atoms with Gasteiger partial charge in [0, 0.05) is 11.0 Å². The first-order valence-corrected chi connectivity index (χ1v) is 5.88. The predicted octanol–water partition coefficient (Wildman–Crippen LogP) is 3.57. The van der Waals surface area contributed by atoms with E-state index < -0.39 is 0 Å². The van der Waals surface area contributed by atoms with Crippen molar-refractivity contribution in [2.45, 2.75) is 9.79 Å². The number of benzene rings is 2. The van der Waals surface area contributed by atoms with Crippen LogP contribution in [-0.2, 0) is 0 Å². The van der Waals surface area contributed by atoms with Gasteiger partial charge in [-0.1, -0.05) is 30.0 Å². The highest BCUT2D eigenvalue weighted by atomic mass is 32.2. The lowest BCUT2D eigenvalue weighted by Crippen LogP contribution is -1.94.